The Hall–Kier alpha value is -1.42. The lowest BCUT2D eigenvalue weighted by molar-refractivity contribution is -0.122. The van der Waals surface area contributed by atoms with Gasteiger partial charge in [0.25, 0.3) is 0 Å². The molecule has 0 spiro atoms. The minimum Gasteiger partial charge on any atom is -0.351 e. The number of amides is 1. The number of hydrogen-bond donors (Lipinski definition) is 2. The average Bonchev–Trinajstić information content (AvgIpc) is 2.22. The summed E-state index contributed by atoms with van der Waals surface area (Å²) < 4.78 is 12.9. The van der Waals surface area contributed by atoms with Crippen LogP contribution >= 0.6 is 0 Å². The molecule has 0 aliphatic rings. The Labute approximate surface area is 108 Å². The topological polar surface area (TPSA) is 41.1 Å². The number of carbonyl (C=O) groups excluding carboxylic acids is 1. The number of halogens is 1. The highest BCUT2D eigenvalue weighted by molar-refractivity contribution is 5.76. The van der Waals surface area contributed by atoms with Crippen molar-refractivity contribution in [3.63, 3.8) is 0 Å². The molecule has 0 saturated heterocycles. The predicted octanol–water partition coefficient (Wildman–Crippen LogP) is 2.22. The van der Waals surface area contributed by atoms with Gasteiger partial charge < -0.3 is 10.6 Å². The van der Waals surface area contributed by atoms with Gasteiger partial charge in [-0.05, 0) is 38.5 Å². The SMILES string of the molecule is CC(C)(C)NC(=O)CCNCc1cccc(F)c1. The lowest BCUT2D eigenvalue weighted by atomic mass is 10.1. The molecule has 0 fully saturated rings. The van der Waals surface area contributed by atoms with E-state index in [4.69, 9.17) is 0 Å². The van der Waals surface area contributed by atoms with E-state index in [1.807, 2.05) is 26.8 Å². The lowest BCUT2D eigenvalue weighted by Gasteiger charge is -2.20. The van der Waals surface area contributed by atoms with E-state index in [2.05, 4.69) is 10.6 Å². The molecule has 0 aromatic heterocycles. The lowest BCUT2D eigenvalue weighted by Crippen LogP contribution is -2.41. The number of rotatable bonds is 5. The molecule has 18 heavy (non-hydrogen) atoms. The summed E-state index contributed by atoms with van der Waals surface area (Å²) in [6.07, 6.45) is 0.423. The average molecular weight is 252 g/mol. The second kappa shape index (κ2) is 6.50. The predicted molar refractivity (Wildman–Crippen MR) is 70.6 cm³/mol. The summed E-state index contributed by atoms with van der Waals surface area (Å²) in [4.78, 5) is 11.5. The third-order valence-corrected chi connectivity index (χ3v) is 2.26. The van der Waals surface area contributed by atoms with Crippen molar-refractivity contribution in [3.05, 3.63) is 35.6 Å². The van der Waals surface area contributed by atoms with Crippen molar-refractivity contribution in [2.45, 2.75) is 39.3 Å². The zero-order valence-electron chi connectivity index (χ0n) is 11.2. The zero-order valence-corrected chi connectivity index (χ0v) is 11.2. The second-order valence-electron chi connectivity index (χ2n) is 5.35. The van der Waals surface area contributed by atoms with Crippen LogP contribution in [0.15, 0.2) is 24.3 Å². The highest BCUT2D eigenvalue weighted by Gasteiger charge is 2.12. The highest BCUT2D eigenvalue weighted by atomic mass is 19.1. The minimum atomic E-state index is -0.236. The van der Waals surface area contributed by atoms with Gasteiger partial charge in [-0.1, -0.05) is 12.1 Å². The first-order chi connectivity index (χ1) is 8.37. The zero-order chi connectivity index (χ0) is 13.6. The summed E-state index contributed by atoms with van der Waals surface area (Å²) in [5.74, 6) is -0.214. The van der Waals surface area contributed by atoms with Crippen LogP contribution in [0, 0.1) is 5.82 Å². The van der Waals surface area contributed by atoms with Gasteiger partial charge in [0.1, 0.15) is 5.82 Å². The van der Waals surface area contributed by atoms with Gasteiger partial charge in [0.15, 0.2) is 0 Å². The molecule has 0 aliphatic carbocycles. The molecule has 0 atom stereocenters. The second-order valence-corrected chi connectivity index (χ2v) is 5.35. The maximum absolute atomic E-state index is 12.9. The first kappa shape index (κ1) is 14.6. The Morgan fingerprint density at radius 1 is 1.33 bits per heavy atom. The van der Waals surface area contributed by atoms with E-state index < -0.39 is 0 Å². The summed E-state index contributed by atoms with van der Waals surface area (Å²) in [5, 5.41) is 6.01. The van der Waals surface area contributed by atoms with E-state index in [0.29, 0.717) is 19.5 Å². The van der Waals surface area contributed by atoms with Crippen LogP contribution in [0.1, 0.15) is 32.8 Å². The van der Waals surface area contributed by atoms with Crippen LogP contribution in [-0.4, -0.2) is 18.0 Å². The van der Waals surface area contributed by atoms with Crippen LogP contribution in [0.4, 0.5) is 4.39 Å². The Bertz CT molecular complexity index is 399. The van der Waals surface area contributed by atoms with Crippen molar-refractivity contribution in [1.29, 1.82) is 0 Å². The monoisotopic (exact) mass is 252 g/mol. The Morgan fingerprint density at radius 3 is 2.67 bits per heavy atom. The molecule has 3 nitrogen and oxygen atoms in total. The van der Waals surface area contributed by atoms with E-state index in [9.17, 15) is 9.18 Å². The Balaban J connectivity index is 2.21. The van der Waals surface area contributed by atoms with Gasteiger partial charge in [0.2, 0.25) is 5.91 Å². The first-order valence-corrected chi connectivity index (χ1v) is 6.13. The maximum atomic E-state index is 12.9. The fraction of sp³-hybridized carbons (Fsp3) is 0.500. The number of benzene rings is 1. The van der Waals surface area contributed by atoms with Gasteiger partial charge >= 0.3 is 0 Å². The summed E-state index contributed by atoms with van der Waals surface area (Å²) in [6.45, 7) is 7.00. The molecule has 2 N–H and O–H groups in total. The molecular weight excluding hydrogens is 231 g/mol. The van der Waals surface area contributed by atoms with E-state index in [1.165, 1.54) is 12.1 Å². The molecule has 0 unspecified atom stereocenters. The molecule has 4 heteroatoms. The molecule has 0 radical (unpaired) electrons. The van der Waals surface area contributed by atoms with Gasteiger partial charge in [-0.25, -0.2) is 4.39 Å². The Kier molecular flexibility index (Phi) is 5.28. The summed E-state index contributed by atoms with van der Waals surface area (Å²) in [5.41, 5.74) is 0.686. The molecule has 0 heterocycles. The van der Waals surface area contributed by atoms with Crippen LogP contribution in [0.5, 0.6) is 0 Å². The van der Waals surface area contributed by atoms with Crippen molar-refractivity contribution in [2.24, 2.45) is 0 Å². The third-order valence-electron chi connectivity index (χ3n) is 2.26. The highest BCUT2D eigenvalue weighted by Crippen LogP contribution is 2.03. The van der Waals surface area contributed by atoms with Crippen LogP contribution in [0.2, 0.25) is 0 Å². The van der Waals surface area contributed by atoms with Crippen molar-refractivity contribution in [1.82, 2.24) is 10.6 Å². The smallest absolute Gasteiger partial charge is 0.221 e. The van der Waals surface area contributed by atoms with Gasteiger partial charge in [-0.15, -0.1) is 0 Å². The van der Waals surface area contributed by atoms with Gasteiger partial charge in [0.05, 0.1) is 0 Å². The van der Waals surface area contributed by atoms with Gasteiger partial charge in [-0.2, -0.15) is 0 Å². The summed E-state index contributed by atoms with van der Waals surface area (Å²) in [7, 11) is 0. The van der Waals surface area contributed by atoms with E-state index in [-0.39, 0.29) is 17.3 Å². The quantitative estimate of drug-likeness (QED) is 0.789. The molecule has 0 aliphatic heterocycles. The summed E-state index contributed by atoms with van der Waals surface area (Å²) in [6, 6.07) is 6.44. The normalized spacial score (nSPS) is 11.3. The first-order valence-electron chi connectivity index (χ1n) is 6.13. The van der Waals surface area contributed by atoms with Crippen molar-refractivity contribution < 1.29 is 9.18 Å². The molecule has 1 rings (SSSR count). The standard InChI is InChI=1S/C14H21FN2O/c1-14(2,3)17-13(18)7-8-16-10-11-5-4-6-12(15)9-11/h4-6,9,16H,7-8,10H2,1-3H3,(H,17,18). The third kappa shape index (κ3) is 6.35. The molecular formula is C14H21FN2O. The largest absolute Gasteiger partial charge is 0.351 e. The fourth-order valence-electron chi connectivity index (χ4n) is 1.56. The Morgan fingerprint density at radius 2 is 2.06 bits per heavy atom. The molecule has 1 aromatic rings. The van der Waals surface area contributed by atoms with Crippen molar-refractivity contribution in [2.75, 3.05) is 6.54 Å². The van der Waals surface area contributed by atoms with E-state index >= 15 is 0 Å². The van der Waals surface area contributed by atoms with Crippen LogP contribution < -0.4 is 10.6 Å². The van der Waals surface area contributed by atoms with E-state index in [0.717, 1.165) is 5.56 Å². The number of hydrogen-bond acceptors (Lipinski definition) is 2. The van der Waals surface area contributed by atoms with Crippen LogP contribution in [0.3, 0.4) is 0 Å². The van der Waals surface area contributed by atoms with E-state index in [1.54, 1.807) is 6.07 Å². The molecule has 1 amide bonds. The number of nitrogens with one attached hydrogen (secondary N) is 2. The van der Waals surface area contributed by atoms with Gasteiger partial charge in [-0.3, -0.25) is 4.79 Å². The van der Waals surface area contributed by atoms with Crippen molar-refractivity contribution in [3.8, 4) is 0 Å². The van der Waals surface area contributed by atoms with Crippen LogP contribution in [0.25, 0.3) is 0 Å². The van der Waals surface area contributed by atoms with Crippen LogP contribution in [-0.2, 0) is 11.3 Å². The maximum Gasteiger partial charge on any atom is 0.221 e. The minimum absolute atomic E-state index is 0.0224. The molecule has 1 aromatic carbocycles. The fourth-order valence-corrected chi connectivity index (χ4v) is 1.56. The molecule has 100 valence electrons. The molecule has 0 bridgehead atoms. The molecule has 0 saturated carbocycles. The van der Waals surface area contributed by atoms with Crippen molar-refractivity contribution >= 4 is 5.91 Å². The van der Waals surface area contributed by atoms with Gasteiger partial charge in [0, 0.05) is 25.0 Å². The number of carbonyl (C=O) groups is 1. The summed E-state index contributed by atoms with van der Waals surface area (Å²) >= 11 is 0.